The summed E-state index contributed by atoms with van der Waals surface area (Å²) in [5.41, 5.74) is 2.19. The zero-order chi connectivity index (χ0) is 17.6. The van der Waals surface area contributed by atoms with E-state index in [4.69, 9.17) is 16.0 Å². The van der Waals surface area contributed by atoms with Gasteiger partial charge in [-0.25, -0.2) is 4.79 Å². The third-order valence-electron chi connectivity index (χ3n) is 4.04. The largest absolute Gasteiger partial charge is 0.423 e. The van der Waals surface area contributed by atoms with Crippen molar-refractivity contribution in [2.45, 2.75) is 24.8 Å². The van der Waals surface area contributed by atoms with E-state index >= 15 is 0 Å². The highest BCUT2D eigenvalue weighted by Crippen LogP contribution is 2.24. The van der Waals surface area contributed by atoms with Crippen molar-refractivity contribution in [3.05, 3.63) is 75.1 Å². The fourth-order valence-electron chi connectivity index (χ4n) is 2.71. The number of fused-ring (bicyclic) bond motifs is 1. The van der Waals surface area contributed by atoms with Crippen LogP contribution in [-0.2, 0) is 6.54 Å². The van der Waals surface area contributed by atoms with E-state index in [9.17, 15) is 4.79 Å². The summed E-state index contributed by atoms with van der Waals surface area (Å²) >= 11 is 8.10. The van der Waals surface area contributed by atoms with Crippen molar-refractivity contribution in [3.8, 4) is 0 Å². The molecular formula is C20H21ClNO2S+. The van der Waals surface area contributed by atoms with Crippen molar-refractivity contribution in [1.82, 2.24) is 0 Å². The van der Waals surface area contributed by atoms with Crippen molar-refractivity contribution in [3.63, 3.8) is 0 Å². The average molecular weight is 375 g/mol. The molecule has 0 bridgehead atoms. The van der Waals surface area contributed by atoms with Gasteiger partial charge in [-0.2, -0.15) is 0 Å². The lowest BCUT2D eigenvalue weighted by molar-refractivity contribution is -0.670. The Morgan fingerprint density at radius 1 is 1.16 bits per heavy atom. The molecular weight excluding hydrogens is 354 g/mol. The van der Waals surface area contributed by atoms with Crippen molar-refractivity contribution < 1.29 is 9.73 Å². The van der Waals surface area contributed by atoms with E-state index in [-0.39, 0.29) is 5.63 Å². The van der Waals surface area contributed by atoms with Gasteiger partial charge in [0.2, 0.25) is 0 Å². The van der Waals surface area contributed by atoms with Gasteiger partial charge in [0.25, 0.3) is 0 Å². The van der Waals surface area contributed by atoms with Crippen molar-refractivity contribution >= 4 is 34.3 Å². The number of aryl methyl sites for hydroxylation is 1. The quantitative estimate of drug-likeness (QED) is 0.386. The Hall–Kier alpha value is -1.75. The Morgan fingerprint density at radius 2 is 1.96 bits per heavy atom. The predicted molar refractivity (Wildman–Crippen MR) is 105 cm³/mol. The van der Waals surface area contributed by atoms with Crippen LogP contribution in [0.25, 0.3) is 11.0 Å². The van der Waals surface area contributed by atoms with Crippen LogP contribution in [0.4, 0.5) is 0 Å². The molecule has 0 amide bonds. The van der Waals surface area contributed by atoms with Gasteiger partial charge >= 0.3 is 5.63 Å². The Labute approximate surface area is 156 Å². The predicted octanol–water partition coefficient (Wildman–Crippen LogP) is 4.00. The van der Waals surface area contributed by atoms with Gasteiger partial charge < -0.3 is 9.73 Å². The van der Waals surface area contributed by atoms with Gasteiger partial charge in [-0.3, -0.25) is 0 Å². The Morgan fingerprint density at radius 3 is 2.76 bits per heavy atom. The molecule has 3 rings (SSSR count). The molecule has 0 atom stereocenters. The molecule has 0 saturated carbocycles. The molecule has 0 radical (unpaired) electrons. The van der Waals surface area contributed by atoms with Crippen LogP contribution in [0.15, 0.2) is 62.6 Å². The van der Waals surface area contributed by atoms with Crippen molar-refractivity contribution in [1.29, 1.82) is 0 Å². The normalized spacial score (nSPS) is 11.1. The van der Waals surface area contributed by atoms with E-state index in [1.807, 2.05) is 36.9 Å². The molecule has 0 aliphatic carbocycles. The van der Waals surface area contributed by atoms with Crippen LogP contribution in [0.2, 0.25) is 5.02 Å². The zero-order valence-corrected chi connectivity index (χ0v) is 15.7. The number of benzene rings is 2. The van der Waals surface area contributed by atoms with E-state index in [0.29, 0.717) is 10.6 Å². The molecule has 0 fully saturated rings. The van der Waals surface area contributed by atoms with Crippen molar-refractivity contribution in [2.75, 3.05) is 12.3 Å². The lowest BCUT2D eigenvalue weighted by atomic mass is 10.1. The maximum Gasteiger partial charge on any atom is 0.336 e. The van der Waals surface area contributed by atoms with E-state index in [2.05, 4.69) is 29.6 Å². The van der Waals surface area contributed by atoms with Crippen LogP contribution in [-0.4, -0.2) is 12.3 Å². The molecule has 130 valence electrons. The molecule has 0 spiro atoms. The first-order chi connectivity index (χ1) is 12.1. The average Bonchev–Trinajstić information content (AvgIpc) is 2.60. The van der Waals surface area contributed by atoms with Crippen LogP contribution in [0.3, 0.4) is 0 Å². The van der Waals surface area contributed by atoms with Gasteiger partial charge in [-0.15, -0.1) is 11.8 Å². The van der Waals surface area contributed by atoms with E-state index in [1.54, 1.807) is 6.07 Å². The highest BCUT2D eigenvalue weighted by Gasteiger charge is 2.09. The SMILES string of the molecule is Cc1cc2oc(=O)cc(C[NH2+]CCCSc3ccccc3)c2cc1Cl. The van der Waals surface area contributed by atoms with Gasteiger partial charge in [-0.05, 0) is 36.8 Å². The van der Waals surface area contributed by atoms with Gasteiger partial charge in [0.15, 0.2) is 0 Å². The molecule has 25 heavy (non-hydrogen) atoms. The number of hydrogen-bond donors (Lipinski definition) is 1. The maximum atomic E-state index is 11.8. The van der Waals surface area contributed by atoms with Crippen LogP contribution in [0, 0.1) is 6.92 Å². The summed E-state index contributed by atoms with van der Waals surface area (Å²) in [5.74, 6) is 1.09. The lowest BCUT2D eigenvalue weighted by Gasteiger charge is -2.07. The Kier molecular flexibility index (Phi) is 6.19. The Bertz CT molecular complexity index is 909. The minimum atomic E-state index is -0.308. The van der Waals surface area contributed by atoms with E-state index in [0.717, 1.165) is 41.8 Å². The van der Waals surface area contributed by atoms with Crippen LogP contribution >= 0.6 is 23.4 Å². The molecule has 0 saturated heterocycles. The topological polar surface area (TPSA) is 46.8 Å². The minimum Gasteiger partial charge on any atom is -0.423 e. The number of halogens is 1. The molecule has 5 heteroatoms. The van der Waals surface area contributed by atoms with E-state index < -0.39 is 0 Å². The van der Waals surface area contributed by atoms with E-state index in [1.165, 1.54) is 4.90 Å². The number of quaternary nitrogens is 1. The number of thioether (sulfide) groups is 1. The van der Waals surface area contributed by atoms with Crippen LogP contribution in [0.5, 0.6) is 0 Å². The first-order valence-electron chi connectivity index (χ1n) is 8.36. The summed E-state index contributed by atoms with van der Waals surface area (Å²) in [6.45, 7) is 3.67. The summed E-state index contributed by atoms with van der Waals surface area (Å²) in [6, 6.07) is 15.7. The molecule has 0 aliphatic rings. The summed E-state index contributed by atoms with van der Waals surface area (Å²) in [6.07, 6.45) is 1.11. The number of nitrogens with two attached hydrogens (primary N) is 1. The molecule has 1 aromatic heterocycles. The lowest BCUT2D eigenvalue weighted by Crippen LogP contribution is -2.82. The Balaban J connectivity index is 1.56. The molecule has 2 aromatic carbocycles. The molecule has 3 nitrogen and oxygen atoms in total. The van der Waals surface area contributed by atoms with Gasteiger partial charge in [0.05, 0.1) is 6.54 Å². The molecule has 0 unspecified atom stereocenters. The van der Waals surface area contributed by atoms with Crippen LogP contribution in [0.1, 0.15) is 17.5 Å². The molecule has 2 N–H and O–H groups in total. The fourth-order valence-corrected chi connectivity index (χ4v) is 3.77. The second-order valence-corrected chi connectivity index (χ2v) is 7.56. The fraction of sp³-hybridized carbons (Fsp3) is 0.250. The highest BCUT2D eigenvalue weighted by atomic mass is 35.5. The van der Waals surface area contributed by atoms with Gasteiger partial charge in [0, 0.05) is 39.1 Å². The van der Waals surface area contributed by atoms with Gasteiger partial charge in [0.1, 0.15) is 12.1 Å². The summed E-state index contributed by atoms with van der Waals surface area (Å²) < 4.78 is 5.30. The first kappa shape index (κ1) is 18.1. The second kappa shape index (κ2) is 8.56. The summed E-state index contributed by atoms with van der Waals surface area (Å²) in [7, 11) is 0. The van der Waals surface area contributed by atoms with Crippen molar-refractivity contribution in [2.24, 2.45) is 0 Å². The summed E-state index contributed by atoms with van der Waals surface area (Å²) in [5, 5.41) is 3.85. The third-order valence-corrected chi connectivity index (χ3v) is 5.54. The molecule has 3 aromatic rings. The first-order valence-corrected chi connectivity index (χ1v) is 9.72. The zero-order valence-electron chi connectivity index (χ0n) is 14.1. The van der Waals surface area contributed by atoms with Crippen LogP contribution < -0.4 is 10.9 Å². The minimum absolute atomic E-state index is 0.308. The van der Waals surface area contributed by atoms with Gasteiger partial charge in [-0.1, -0.05) is 29.8 Å². The second-order valence-electron chi connectivity index (χ2n) is 5.98. The molecule has 1 heterocycles. The monoisotopic (exact) mass is 374 g/mol. The number of hydrogen-bond acceptors (Lipinski definition) is 3. The molecule has 0 aliphatic heterocycles. The number of rotatable bonds is 7. The third kappa shape index (κ3) is 4.88. The highest BCUT2D eigenvalue weighted by molar-refractivity contribution is 7.99. The summed E-state index contributed by atoms with van der Waals surface area (Å²) in [4.78, 5) is 13.1. The standard InChI is InChI=1S/C20H20ClNO2S/c1-14-10-19-17(12-18(14)21)15(11-20(23)24-19)13-22-8-5-9-25-16-6-3-2-4-7-16/h2-4,6-7,10-12,22H,5,8-9,13H2,1H3/p+1. The smallest absolute Gasteiger partial charge is 0.336 e. The maximum absolute atomic E-state index is 11.8.